The molecule has 1 saturated carbocycles. The van der Waals surface area contributed by atoms with Gasteiger partial charge >= 0.3 is 0 Å². The number of methoxy groups -OCH3 is 1. The third-order valence-electron chi connectivity index (χ3n) is 3.42. The molecule has 74 valence electrons. The predicted molar refractivity (Wildman–Crippen MR) is 53.8 cm³/mol. The smallest absolute Gasteiger partial charge is 0.0601 e. The molecule has 2 nitrogen and oxygen atoms in total. The van der Waals surface area contributed by atoms with Crippen molar-refractivity contribution in [3.8, 4) is 0 Å². The highest BCUT2D eigenvalue weighted by molar-refractivity contribution is 5.01. The molecule has 0 bridgehead atoms. The van der Waals surface area contributed by atoms with E-state index in [4.69, 9.17) is 4.74 Å². The first-order valence-corrected chi connectivity index (χ1v) is 5.23. The number of hydrogen-bond donors (Lipinski definition) is 0. The molecule has 0 N–H and O–H groups in total. The van der Waals surface area contributed by atoms with E-state index in [9.17, 15) is 0 Å². The van der Waals surface area contributed by atoms with Crippen molar-refractivity contribution < 1.29 is 4.74 Å². The summed E-state index contributed by atoms with van der Waals surface area (Å²) in [6.45, 7) is 6.48. The van der Waals surface area contributed by atoms with Gasteiger partial charge < -0.3 is 4.74 Å². The molecule has 0 aromatic carbocycles. The van der Waals surface area contributed by atoms with Crippen LogP contribution in [0.4, 0.5) is 0 Å². The fraction of sp³-hybridized carbons (Fsp3) is 0.818. The Morgan fingerprint density at radius 3 is 2.46 bits per heavy atom. The fourth-order valence-electron chi connectivity index (χ4n) is 2.23. The van der Waals surface area contributed by atoms with Gasteiger partial charge in [-0.15, -0.1) is 0 Å². The van der Waals surface area contributed by atoms with Crippen LogP contribution in [0, 0.1) is 0 Å². The second-order valence-corrected chi connectivity index (χ2v) is 4.27. The zero-order valence-electron chi connectivity index (χ0n) is 8.46. The van der Waals surface area contributed by atoms with E-state index in [2.05, 4.69) is 11.5 Å². The normalized spacial score (nSPS) is 35.9. The van der Waals surface area contributed by atoms with Crippen LogP contribution in [0.1, 0.15) is 25.7 Å². The number of piperidine rings is 1. The quantitative estimate of drug-likeness (QED) is 0.602. The Morgan fingerprint density at radius 2 is 1.92 bits per heavy atom. The van der Waals surface area contributed by atoms with Crippen LogP contribution in [-0.4, -0.2) is 37.2 Å². The predicted octanol–water partition coefficient (Wildman–Crippen LogP) is 1.82. The largest absolute Gasteiger partial charge is 0.381 e. The van der Waals surface area contributed by atoms with Crippen LogP contribution >= 0.6 is 0 Å². The summed E-state index contributed by atoms with van der Waals surface area (Å²) in [4.78, 5) is 2.60. The van der Waals surface area contributed by atoms with Crippen molar-refractivity contribution in [2.75, 3.05) is 20.2 Å². The maximum Gasteiger partial charge on any atom is 0.0601 e. The molecule has 1 saturated heterocycles. The Bertz CT molecular complexity index is 186. The maximum absolute atomic E-state index is 5.28. The molecular formula is C11H19NO. The summed E-state index contributed by atoms with van der Waals surface area (Å²) in [5, 5.41) is 0. The number of likely N-dealkylation sites (tertiary alicyclic amines) is 1. The molecule has 0 aromatic rings. The highest BCUT2D eigenvalue weighted by atomic mass is 16.5. The van der Waals surface area contributed by atoms with Crippen LogP contribution in [0.5, 0.6) is 0 Å². The van der Waals surface area contributed by atoms with E-state index >= 15 is 0 Å². The van der Waals surface area contributed by atoms with Crippen molar-refractivity contribution >= 4 is 0 Å². The van der Waals surface area contributed by atoms with Gasteiger partial charge in [-0.1, -0.05) is 12.2 Å². The number of hydrogen-bond acceptors (Lipinski definition) is 2. The molecule has 1 aliphatic heterocycles. The Morgan fingerprint density at radius 1 is 1.31 bits per heavy atom. The van der Waals surface area contributed by atoms with E-state index in [-0.39, 0.29) is 0 Å². The van der Waals surface area contributed by atoms with Gasteiger partial charge in [0.05, 0.1) is 6.10 Å². The van der Waals surface area contributed by atoms with E-state index in [1.807, 2.05) is 7.11 Å². The van der Waals surface area contributed by atoms with Gasteiger partial charge in [0.2, 0.25) is 0 Å². The first kappa shape index (κ1) is 9.22. The molecule has 0 aromatic heterocycles. The molecule has 2 fully saturated rings. The lowest BCUT2D eigenvalue weighted by atomic mass is 9.86. The molecule has 2 rings (SSSR count). The van der Waals surface area contributed by atoms with E-state index in [0.717, 1.165) is 6.04 Å². The topological polar surface area (TPSA) is 12.5 Å². The Balaban J connectivity index is 1.74. The summed E-state index contributed by atoms with van der Waals surface area (Å²) in [5.74, 6) is 0. The van der Waals surface area contributed by atoms with Crippen molar-refractivity contribution in [3.05, 3.63) is 12.2 Å². The van der Waals surface area contributed by atoms with Crippen molar-refractivity contribution in [2.45, 2.75) is 37.8 Å². The van der Waals surface area contributed by atoms with Crippen LogP contribution < -0.4 is 0 Å². The van der Waals surface area contributed by atoms with Crippen LogP contribution in [0.2, 0.25) is 0 Å². The maximum atomic E-state index is 5.28. The molecule has 0 atom stereocenters. The number of rotatable bonds is 2. The van der Waals surface area contributed by atoms with Gasteiger partial charge in [0, 0.05) is 26.2 Å². The average molecular weight is 181 g/mol. The SMILES string of the molecule is C=C1CCN(C2CC(OC)C2)CC1. The van der Waals surface area contributed by atoms with Crippen molar-refractivity contribution in [2.24, 2.45) is 0 Å². The van der Waals surface area contributed by atoms with Crippen molar-refractivity contribution in [1.29, 1.82) is 0 Å². The van der Waals surface area contributed by atoms with E-state index in [1.165, 1.54) is 44.3 Å². The van der Waals surface area contributed by atoms with Gasteiger partial charge in [0.1, 0.15) is 0 Å². The summed E-state index contributed by atoms with van der Waals surface area (Å²) >= 11 is 0. The van der Waals surface area contributed by atoms with Gasteiger partial charge in [-0.25, -0.2) is 0 Å². The zero-order chi connectivity index (χ0) is 9.26. The third-order valence-corrected chi connectivity index (χ3v) is 3.42. The minimum atomic E-state index is 0.537. The lowest BCUT2D eigenvalue weighted by Gasteiger charge is -2.44. The fourth-order valence-corrected chi connectivity index (χ4v) is 2.23. The summed E-state index contributed by atoms with van der Waals surface area (Å²) in [5.41, 5.74) is 1.43. The van der Waals surface area contributed by atoms with Crippen LogP contribution in [0.25, 0.3) is 0 Å². The Hall–Kier alpha value is -0.340. The Labute approximate surface area is 80.6 Å². The molecule has 1 aliphatic carbocycles. The minimum Gasteiger partial charge on any atom is -0.381 e. The highest BCUT2D eigenvalue weighted by Crippen LogP contribution is 2.30. The van der Waals surface area contributed by atoms with Gasteiger partial charge in [-0.2, -0.15) is 0 Å². The molecule has 2 aliphatic rings. The molecule has 0 spiro atoms. The minimum absolute atomic E-state index is 0.537. The van der Waals surface area contributed by atoms with Gasteiger partial charge in [0.25, 0.3) is 0 Å². The standard InChI is InChI=1S/C11H19NO/c1-9-3-5-12(6-4-9)10-7-11(8-10)13-2/h10-11H,1,3-8H2,2H3. The number of nitrogens with zero attached hydrogens (tertiary/aromatic N) is 1. The van der Waals surface area contributed by atoms with Gasteiger partial charge in [-0.05, 0) is 25.7 Å². The average Bonchev–Trinajstić information content (AvgIpc) is 2.06. The van der Waals surface area contributed by atoms with Crippen molar-refractivity contribution in [3.63, 3.8) is 0 Å². The first-order valence-electron chi connectivity index (χ1n) is 5.23. The molecule has 13 heavy (non-hydrogen) atoms. The summed E-state index contributed by atoms with van der Waals surface area (Å²) in [7, 11) is 1.82. The third kappa shape index (κ3) is 1.94. The van der Waals surface area contributed by atoms with Crippen LogP contribution in [-0.2, 0) is 4.74 Å². The van der Waals surface area contributed by atoms with Crippen LogP contribution in [0.15, 0.2) is 12.2 Å². The molecule has 1 heterocycles. The van der Waals surface area contributed by atoms with Gasteiger partial charge in [-0.3, -0.25) is 4.90 Å². The Kier molecular flexibility index (Phi) is 2.70. The lowest BCUT2D eigenvalue weighted by Crippen LogP contribution is -2.49. The van der Waals surface area contributed by atoms with Gasteiger partial charge in [0.15, 0.2) is 0 Å². The molecular weight excluding hydrogens is 162 g/mol. The van der Waals surface area contributed by atoms with E-state index in [0.29, 0.717) is 6.10 Å². The summed E-state index contributed by atoms with van der Waals surface area (Å²) in [6.07, 6.45) is 5.42. The summed E-state index contributed by atoms with van der Waals surface area (Å²) < 4.78 is 5.28. The second-order valence-electron chi connectivity index (χ2n) is 4.27. The zero-order valence-corrected chi connectivity index (χ0v) is 8.46. The number of ether oxygens (including phenoxy) is 1. The molecule has 0 radical (unpaired) electrons. The van der Waals surface area contributed by atoms with E-state index < -0.39 is 0 Å². The van der Waals surface area contributed by atoms with E-state index in [1.54, 1.807) is 0 Å². The molecule has 2 heteroatoms. The monoisotopic (exact) mass is 181 g/mol. The van der Waals surface area contributed by atoms with Crippen LogP contribution in [0.3, 0.4) is 0 Å². The lowest BCUT2D eigenvalue weighted by molar-refractivity contribution is -0.0291. The highest BCUT2D eigenvalue weighted by Gasteiger charge is 2.34. The van der Waals surface area contributed by atoms with Crippen molar-refractivity contribution in [1.82, 2.24) is 4.90 Å². The summed E-state index contributed by atoms with van der Waals surface area (Å²) in [6, 6.07) is 0.804. The molecule has 0 amide bonds. The second kappa shape index (κ2) is 3.81. The first-order chi connectivity index (χ1) is 6.29. The molecule has 0 unspecified atom stereocenters.